The smallest absolute Gasteiger partial charge is 0.115 e. The molecule has 4 nitrogen and oxygen atoms in total. The van der Waals surface area contributed by atoms with Crippen molar-refractivity contribution >= 4 is 0 Å². The number of rotatable bonds is 6. The van der Waals surface area contributed by atoms with E-state index in [4.69, 9.17) is 0 Å². The van der Waals surface area contributed by atoms with E-state index >= 15 is 0 Å². The van der Waals surface area contributed by atoms with E-state index in [1.165, 1.54) is 30.4 Å². The van der Waals surface area contributed by atoms with Crippen molar-refractivity contribution in [1.29, 1.82) is 0 Å². The highest BCUT2D eigenvalue weighted by Gasteiger charge is 2.57. The molecule has 0 saturated heterocycles. The fourth-order valence-electron chi connectivity index (χ4n) is 7.21. The van der Waals surface area contributed by atoms with Crippen LogP contribution in [0.1, 0.15) is 68.2 Å². The van der Waals surface area contributed by atoms with Crippen LogP contribution in [-0.4, -0.2) is 27.8 Å². The number of phenolic OH excluding ortho intramolecular Hbond substituents is 1. The molecule has 3 aliphatic rings. The van der Waals surface area contributed by atoms with Crippen molar-refractivity contribution in [3.8, 4) is 5.75 Å². The summed E-state index contributed by atoms with van der Waals surface area (Å²) in [6, 6.07) is 12.0. The maximum Gasteiger partial charge on any atom is 0.115 e. The van der Waals surface area contributed by atoms with Crippen molar-refractivity contribution in [1.82, 2.24) is 10.3 Å². The minimum Gasteiger partial charge on any atom is -0.508 e. The first-order valence-electron chi connectivity index (χ1n) is 12.2. The molecule has 166 valence electrons. The normalized spacial score (nSPS) is 34.1. The summed E-state index contributed by atoms with van der Waals surface area (Å²) in [4.78, 5) is 4.37. The molecule has 0 spiro atoms. The lowest BCUT2D eigenvalue weighted by molar-refractivity contribution is -0.0334. The van der Waals surface area contributed by atoms with Gasteiger partial charge >= 0.3 is 0 Å². The van der Waals surface area contributed by atoms with Crippen LogP contribution in [0.5, 0.6) is 5.75 Å². The van der Waals surface area contributed by atoms with Crippen molar-refractivity contribution in [2.45, 2.75) is 70.4 Å². The molecule has 1 heterocycles. The fourth-order valence-corrected chi connectivity index (χ4v) is 7.21. The van der Waals surface area contributed by atoms with Crippen LogP contribution in [0.3, 0.4) is 0 Å². The lowest BCUT2D eigenvalue weighted by Gasteiger charge is -2.50. The molecule has 1 aromatic carbocycles. The fraction of sp³-hybridized carbons (Fsp3) is 0.593. The molecule has 3 N–H and O–H groups in total. The first-order valence-corrected chi connectivity index (χ1v) is 12.2. The number of aryl methyl sites for hydroxylation is 1. The van der Waals surface area contributed by atoms with Gasteiger partial charge in [0.05, 0.1) is 11.8 Å². The summed E-state index contributed by atoms with van der Waals surface area (Å²) < 4.78 is 0. The Hall–Kier alpha value is -1.91. The Balaban J connectivity index is 1.20. The standard InChI is InChI=1S/C27H36N2O2/c1-27-12-11-23-22-10-8-21(30)15-18(22)7-9-24(23)25(27)16-19(26(27)31)5-4-13-28-17-20-6-2-3-14-29-20/h2-3,6,8,10,14-15,19,23-26,28,30-31H,4-5,7,9,11-13,16-17H2,1H3/t19-,23?,24?,25?,26-,27-/m0/s1. The van der Waals surface area contributed by atoms with Crippen LogP contribution in [0, 0.1) is 23.2 Å². The van der Waals surface area contributed by atoms with Gasteiger partial charge in [0.25, 0.3) is 0 Å². The van der Waals surface area contributed by atoms with E-state index in [-0.39, 0.29) is 11.5 Å². The largest absolute Gasteiger partial charge is 0.508 e. The Morgan fingerprint density at radius 1 is 1.19 bits per heavy atom. The molecule has 2 fully saturated rings. The molecule has 0 radical (unpaired) electrons. The summed E-state index contributed by atoms with van der Waals surface area (Å²) in [5.41, 5.74) is 3.97. The molecule has 1 aromatic heterocycles. The first kappa shape index (κ1) is 21.0. The van der Waals surface area contributed by atoms with Crippen LogP contribution < -0.4 is 5.32 Å². The predicted octanol–water partition coefficient (Wildman–Crippen LogP) is 4.80. The zero-order valence-electron chi connectivity index (χ0n) is 18.6. The Labute approximate surface area is 186 Å². The second kappa shape index (κ2) is 8.55. The number of nitrogens with one attached hydrogen (secondary N) is 1. The van der Waals surface area contributed by atoms with Crippen LogP contribution in [0.25, 0.3) is 0 Å². The van der Waals surface area contributed by atoms with E-state index in [0.29, 0.717) is 29.4 Å². The molecule has 0 amide bonds. The van der Waals surface area contributed by atoms with Gasteiger partial charge in [0, 0.05) is 12.7 Å². The zero-order chi connectivity index (χ0) is 21.4. The molecule has 4 heteroatoms. The lowest BCUT2D eigenvalue weighted by atomic mass is 9.55. The molecule has 0 aliphatic heterocycles. The molecule has 2 saturated carbocycles. The second-order valence-corrected chi connectivity index (χ2v) is 10.4. The maximum absolute atomic E-state index is 11.3. The molecule has 2 aromatic rings. The Morgan fingerprint density at radius 3 is 2.94 bits per heavy atom. The lowest BCUT2D eigenvalue weighted by Crippen LogP contribution is -2.44. The predicted molar refractivity (Wildman–Crippen MR) is 123 cm³/mol. The van der Waals surface area contributed by atoms with E-state index in [0.717, 1.165) is 44.5 Å². The van der Waals surface area contributed by atoms with Gasteiger partial charge in [0.2, 0.25) is 0 Å². The third kappa shape index (κ3) is 3.89. The molecule has 31 heavy (non-hydrogen) atoms. The van der Waals surface area contributed by atoms with Crippen molar-refractivity contribution in [3.05, 3.63) is 59.4 Å². The number of aromatic hydroxyl groups is 1. The molecule has 5 rings (SSSR count). The first-order chi connectivity index (χ1) is 15.1. The van der Waals surface area contributed by atoms with Gasteiger partial charge in [-0.05, 0) is 116 Å². The number of fused-ring (bicyclic) bond motifs is 5. The third-order valence-corrected chi connectivity index (χ3v) is 8.79. The van der Waals surface area contributed by atoms with Crippen LogP contribution in [0.4, 0.5) is 0 Å². The van der Waals surface area contributed by atoms with Crippen molar-refractivity contribution in [3.63, 3.8) is 0 Å². The molecule has 3 unspecified atom stereocenters. The Kier molecular flexibility index (Phi) is 5.78. The van der Waals surface area contributed by atoms with Crippen molar-refractivity contribution < 1.29 is 10.2 Å². The van der Waals surface area contributed by atoms with Gasteiger partial charge in [-0.3, -0.25) is 4.98 Å². The average Bonchev–Trinajstić information content (AvgIpc) is 3.04. The van der Waals surface area contributed by atoms with Crippen molar-refractivity contribution in [2.24, 2.45) is 23.2 Å². The van der Waals surface area contributed by atoms with Crippen LogP contribution in [0.15, 0.2) is 42.6 Å². The number of pyridine rings is 1. The number of aromatic nitrogens is 1. The number of nitrogens with zero attached hydrogens (tertiary/aromatic N) is 1. The Bertz CT molecular complexity index is 901. The molecule has 3 aliphatic carbocycles. The number of phenols is 1. The van der Waals surface area contributed by atoms with Gasteiger partial charge in [-0.2, -0.15) is 0 Å². The number of benzene rings is 1. The van der Waals surface area contributed by atoms with Gasteiger partial charge in [-0.1, -0.05) is 19.1 Å². The van der Waals surface area contributed by atoms with E-state index in [2.05, 4.69) is 29.4 Å². The SMILES string of the molecule is C[C@]12CCC3c4ccc(O)cc4CCC3C1C[C@H](CCCNCc1ccccn1)[C@@H]2O. The van der Waals surface area contributed by atoms with Gasteiger partial charge < -0.3 is 15.5 Å². The van der Waals surface area contributed by atoms with Gasteiger partial charge in [0.1, 0.15) is 5.75 Å². The van der Waals surface area contributed by atoms with Gasteiger partial charge in [0.15, 0.2) is 0 Å². The molecular weight excluding hydrogens is 384 g/mol. The summed E-state index contributed by atoms with van der Waals surface area (Å²) in [5.74, 6) is 2.72. The van der Waals surface area contributed by atoms with E-state index in [1.807, 2.05) is 30.5 Å². The highest BCUT2D eigenvalue weighted by atomic mass is 16.3. The summed E-state index contributed by atoms with van der Waals surface area (Å²) in [6.07, 6.45) is 9.61. The number of hydrogen-bond donors (Lipinski definition) is 3. The van der Waals surface area contributed by atoms with Crippen molar-refractivity contribution in [2.75, 3.05) is 6.54 Å². The quantitative estimate of drug-likeness (QED) is 0.587. The van der Waals surface area contributed by atoms with Crippen LogP contribution >= 0.6 is 0 Å². The van der Waals surface area contributed by atoms with E-state index in [1.54, 1.807) is 0 Å². The summed E-state index contributed by atoms with van der Waals surface area (Å²) in [5, 5.41) is 24.7. The molecule has 0 bridgehead atoms. The maximum atomic E-state index is 11.3. The van der Waals surface area contributed by atoms with Crippen LogP contribution in [-0.2, 0) is 13.0 Å². The molecule has 6 atom stereocenters. The summed E-state index contributed by atoms with van der Waals surface area (Å²) >= 11 is 0. The monoisotopic (exact) mass is 420 g/mol. The minimum atomic E-state index is -0.171. The Morgan fingerprint density at radius 2 is 2.10 bits per heavy atom. The highest BCUT2D eigenvalue weighted by molar-refractivity contribution is 5.40. The van der Waals surface area contributed by atoms with E-state index in [9.17, 15) is 10.2 Å². The zero-order valence-corrected chi connectivity index (χ0v) is 18.6. The average molecular weight is 421 g/mol. The third-order valence-electron chi connectivity index (χ3n) is 8.79. The summed E-state index contributed by atoms with van der Waals surface area (Å²) in [6.45, 7) is 4.15. The number of aliphatic hydroxyl groups is 1. The molecular formula is C27H36N2O2. The topological polar surface area (TPSA) is 65.4 Å². The van der Waals surface area contributed by atoms with Gasteiger partial charge in [-0.25, -0.2) is 0 Å². The van der Waals surface area contributed by atoms with Gasteiger partial charge in [-0.15, -0.1) is 0 Å². The van der Waals surface area contributed by atoms with E-state index < -0.39 is 0 Å². The number of aliphatic hydroxyl groups excluding tert-OH is 1. The van der Waals surface area contributed by atoms with Crippen LogP contribution in [0.2, 0.25) is 0 Å². The highest BCUT2D eigenvalue weighted by Crippen LogP contribution is 2.62. The summed E-state index contributed by atoms with van der Waals surface area (Å²) in [7, 11) is 0. The second-order valence-electron chi connectivity index (χ2n) is 10.4. The number of hydrogen-bond acceptors (Lipinski definition) is 4. The minimum absolute atomic E-state index is 0.0711.